The number of hydrogen-bond donors (Lipinski definition) is 0. The highest BCUT2D eigenvalue weighted by molar-refractivity contribution is 6.11. The van der Waals surface area contributed by atoms with E-state index in [0.29, 0.717) is 0 Å². The molecule has 2 heteroatoms. The number of fused-ring (bicyclic) bond motifs is 2. The van der Waals surface area contributed by atoms with Crippen molar-refractivity contribution in [2.45, 2.75) is 66.2 Å². The van der Waals surface area contributed by atoms with Crippen molar-refractivity contribution in [3.05, 3.63) is 72.2 Å². The van der Waals surface area contributed by atoms with Crippen LogP contribution in [-0.2, 0) is 0 Å². The number of ether oxygens (including phenoxy) is 2. The van der Waals surface area contributed by atoms with Gasteiger partial charge in [-0.1, -0.05) is 62.1 Å². The van der Waals surface area contributed by atoms with Gasteiger partial charge in [0.2, 0.25) is 0 Å². The Hall–Kier alpha value is -2.74. The number of unbranched alkanes of at least 4 members (excludes halogenated alkanes) is 4. The van der Waals surface area contributed by atoms with Gasteiger partial charge in [-0.3, -0.25) is 0 Å². The Kier molecular flexibility index (Phi) is 7.96. The summed E-state index contributed by atoms with van der Waals surface area (Å²) in [5.74, 6) is 1.80. The number of rotatable bonds is 10. The third-order valence-electron chi connectivity index (χ3n) is 5.34. The maximum absolute atomic E-state index is 6.25. The predicted octanol–water partition coefficient (Wildman–Crippen LogP) is 8.78. The lowest BCUT2D eigenvalue weighted by Crippen LogP contribution is -1.93. The van der Waals surface area contributed by atoms with Gasteiger partial charge in [-0.15, -0.1) is 0 Å². The van der Waals surface area contributed by atoms with Gasteiger partial charge in [0.05, 0.1) is 12.5 Å². The van der Waals surface area contributed by atoms with Crippen molar-refractivity contribution in [3.8, 4) is 11.5 Å². The van der Waals surface area contributed by atoms with Gasteiger partial charge < -0.3 is 9.47 Å². The van der Waals surface area contributed by atoms with Gasteiger partial charge in [0.1, 0.15) is 11.5 Å². The summed E-state index contributed by atoms with van der Waals surface area (Å²) in [6.45, 7) is 8.64. The Morgan fingerprint density at radius 1 is 0.633 bits per heavy atom. The number of hydrogen-bond acceptors (Lipinski definition) is 2. The van der Waals surface area contributed by atoms with E-state index >= 15 is 0 Å². The highest BCUT2D eigenvalue weighted by atomic mass is 16.5. The van der Waals surface area contributed by atoms with E-state index in [1.165, 1.54) is 36.8 Å². The molecule has 0 saturated heterocycles. The molecule has 3 aromatic rings. The van der Waals surface area contributed by atoms with Crippen LogP contribution in [0.3, 0.4) is 0 Å². The van der Waals surface area contributed by atoms with Gasteiger partial charge in [0.25, 0.3) is 0 Å². The molecule has 0 radical (unpaired) electrons. The van der Waals surface area contributed by atoms with Crippen LogP contribution in [0.15, 0.2) is 61.1 Å². The van der Waals surface area contributed by atoms with Crippen LogP contribution in [0.4, 0.5) is 0 Å². The van der Waals surface area contributed by atoms with E-state index in [-0.39, 0.29) is 0 Å². The minimum atomic E-state index is 0.898. The first-order chi connectivity index (χ1) is 14.7. The molecule has 0 fully saturated rings. The Balaban J connectivity index is 2.12. The number of aryl methyl sites for hydroxylation is 2. The van der Waals surface area contributed by atoms with Crippen LogP contribution in [0, 0.1) is 13.8 Å². The molecule has 158 valence electrons. The van der Waals surface area contributed by atoms with E-state index < -0.39 is 0 Å². The molecule has 0 atom stereocenters. The van der Waals surface area contributed by atoms with Crippen molar-refractivity contribution in [2.75, 3.05) is 0 Å². The average molecular weight is 403 g/mol. The zero-order valence-electron chi connectivity index (χ0n) is 18.8. The normalized spacial score (nSPS) is 11.9. The quantitative estimate of drug-likeness (QED) is 0.192. The first-order valence-corrected chi connectivity index (χ1v) is 11.3. The fourth-order valence-electron chi connectivity index (χ4n) is 3.64. The molecule has 30 heavy (non-hydrogen) atoms. The molecule has 0 bridgehead atoms. The van der Waals surface area contributed by atoms with Gasteiger partial charge in [-0.25, -0.2) is 0 Å². The third-order valence-corrected chi connectivity index (χ3v) is 5.34. The van der Waals surface area contributed by atoms with Crippen LogP contribution in [0.1, 0.15) is 63.5 Å². The molecule has 0 saturated carbocycles. The summed E-state index contributed by atoms with van der Waals surface area (Å²) >= 11 is 0. The Morgan fingerprint density at radius 2 is 1.07 bits per heavy atom. The fraction of sp³-hybridized carbons (Fsp3) is 0.357. The monoisotopic (exact) mass is 402 g/mol. The molecule has 0 aliphatic heterocycles. The SMILES string of the molecule is CCCC/C=C/Oc1c2ccc(C)cc2c(O/C=C/CCCC)c2cc(C)ccc12. The van der Waals surface area contributed by atoms with Crippen molar-refractivity contribution in [1.82, 2.24) is 0 Å². The molecule has 0 spiro atoms. The molecule has 3 aromatic carbocycles. The number of benzene rings is 3. The van der Waals surface area contributed by atoms with E-state index in [0.717, 1.165) is 45.9 Å². The molecule has 0 aromatic heterocycles. The van der Waals surface area contributed by atoms with E-state index in [4.69, 9.17) is 9.47 Å². The second-order valence-corrected chi connectivity index (χ2v) is 8.02. The van der Waals surface area contributed by atoms with E-state index in [1.807, 2.05) is 12.5 Å². The second-order valence-electron chi connectivity index (χ2n) is 8.02. The predicted molar refractivity (Wildman–Crippen MR) is 130 cm³/mol. The maximum Gasteiger partial charge on any atom is 0.142 e. The highest BCUT2D eigenvalue weighted by Crippen LogP contribution is 2.43. The summed E-state index contributed by atoms with van der Waals surface area (Å²) in [4.78, 5) is 0. The largest absolute Gasteiger partial charge is 0.464 e. The Labute approximate surface area is 181 Å². The Morgan fingerprint density at radius 3 is 1.50 bits per heavy atom. The van der Waals surface area contributed by atoms with Crippen LogP contribution >= 0.6 is 0 Å². The molecular formula is C28H34O2. The van der Waals surface area contributed by atoms with Crippen LogP contribution in [0.25, 0.3) is 21.5 Å². The summed E-state index contributed by atoms with van der Waals surface area (Å²) in [6, 6.07) is 13.0. The second kappa shape index (κ2) is 10.9. The minimum Gasteiger partial charge on any atom is -0.464 e. The van der Waals surface area contributed by atoms with Crippen LogP contribution in [0.5, 0.6) is 11.5 Å². The maximum atomic E-state index is 6.25. The van der Waals surface area contributed by atoms with E-state index in [1.54, 1.807) is 0 Å². The highest BCUT2D eigenvalue weighted by Gasteiger charge is 2.16. The van der Waals surface area contributed by atoms with Crippen LogP contribution in [-0.4, -0.2) is 0 Å². The zero-order chi connectivity index (χ0) is 21.3. The topological polar surface area (TPSA) is 18.5 Å². The molecule has 0 amide bonds. The summed E-state index contributed by atoms with van der Waals surface area (Å²) in [5.41, 5.74) is 2.41. The zero-order valence-corrected chi connectivity index (χ0v) is 18.8. The smallest absolute Gasteiger partial charge is 0.142 e. The molecule has 0 aliphatic carbocycles. The molecule has 0 aliphatic rings. The van der Waals surface area contributed by atoms with Crippen LogP contribution in [0.2, 0.25) is 0 Å². The van der Waals surface area contributed by atoms with Crippen molar-refractivity contribution >= 4 is 21.5 Å². The minimum absolute atomic E-state index is 0.898. The summed E-state index contributed by atoms with van der Waals surface area (Å²) < 4.78 is 12.5. The van der Waals surface area contributed by atoms with Crippen molar-refractivity contribution in [1.29, 1.82) is 0 Å². The molecular weight excluding hydrogens is 368 g/mol. The van der Waals surface area contributed by atoms with Gasteiger partial charge in [0, 0.05) is 21.5 Å². The van der Waals surface area contributed by atoms with Gasteiger partial charge in [0.15, 0.2) is 0 Å². The number of allylic oxidation sites excluding steroid dienone is 2. The van der Waals surface area contributed by atoms with Gasteiger partial charge in [-0.2, -0.15) is 0 Å². The first-order valence-electron chi connectivity index (χ1n) is 11.3. The molecule has 2 nitrogen and oxygen atoms in total. The van der Waals surface area contributed by atoms with E-state index in [2.05, 4.69) is 76.2 Å². The van der Waals surface area contributed by atoms with Gasteiger partial charge >= 0.3 is 0 Å². The third kappa shape index (κ3) is 5.24. The molecule has 3 rings (SSSR count). The average Bonchev–Trinajstić information content (AvgIpc) is 2.74. The molecule has 0 N–H and O–H groups in total. The van der Waals surface area contributed by atoms with Crippen molar-refractivity contribution in [2.24, 2.45) is 0 Å². The first kappa shape index (κ1) is 22.0. The van der Waals surface area contributed by atoms with Crippen molar-refractivity contribution in [3.63, 3.8) is 0 Å². The standard InChI is InChI=1S/C28H34O2/c1-5-7-9-11-17-29-27-23-15-13-21(3)19-25(23)28(30-18-12-10-8-6-2)26-20-22(4)14-16-24(26)27/h11-20H,5-10H2,1-4H3/b17-11+,18-12+. The van der Waals surface area contributed by atoms with E-state index in [9.17, 15) is 0 Å². The Bertz CT molecular complexity index is 981. The lowest BCUT2D eigenvalue weighted by molar-refractivity contribution is 0.481. The summed E-state index contributed by atoms with van der Waals surface area (Å²) in [5, 5.41) is 4.33. The lowest BCUT2D eigenvalue weighted by atomic mass is 9.98. The molecule has 0 unspecified atom stereocenters. The summed E-state index contributed by atoms with van der Waals surface area (Å²) in [6.07, 6.45) is 14.7. The molecule has 0 heterocycles. The summed E-state index contributed by atoms with van der Waals surface area (Å²) in [7, 11) is 0. The lowest BCUT2D eigenvalue weighted by Gasteiger charge is -2.16. The van der Waals surface area contributed by atoms with Gasteiger partial charge in [-0.05, 0) is 63.8 Å². The fourth-order valence-corrected chi connectivity index (χ4v) is 3.64. The van der Waals surface area contributed by atoms with Crippen LogP contribution < -0.4 is 9.47 Å². The van der Waals surface area contributed by atoms with Crippen molar-refractivity contribution < 1.29 is 9.47 Å².